The molecule has 8 heteroatoms. The van der Waals surface area contributed by atoms with Crippen molar-refractivity contribution in [3.05, 3.63) is 29.3 Å². The van der Waals surface area contributed by atoms with E-state index in [1.165, 1.54) is 19.2 Å². The minimum atomic E-state index is -4.54. The number of methoxy groups -OCH3 is 1. The van der Waals surface area contributed by atoms with Crippen molar-refractivity contribution in [2.45, 2.75) is 31.5 Å². The summed E-state index contributed by atoms with van der Waals surface area (Å²) in [6.07, 6.45) is -3.10. The second-order valence-corrected chi connectivity index (χ2v) is 5.91. The van der Waals surface area contributed by atoms with Gasteiger partial charge < -0.3 is 15.0 Å². The molecule has 1 saturated heterocycles. The van der Waals surface area contributed by atoms with Crippen LogP contribution >= 0.6 is 0 Å². The monoisotopic (exact) mass is 355 g/mol. The van der Waals surface area contributed by atoms with Gasteiger partial charge in [-0.25, -0.2) is 0 Å². The number of carbonyl (C=O) groups is 1. The van der Waals surface area contributed by atoms with Crippen LogP contribution in [0, 0.1) is 11.3 Å². The summed E-state index contributed by atoms with van der Waals surface area (Å²) >= 11 is 0. The van der Waals surface area contributed by atoms with Gasteiger partial charge in [-0.15, -0.1) is 0 Å². The molecule has 0 saturated carbocycles. The number of piperidine rings is 1. The molecule has 1 fully saturated rings. The first-order valence-electron chi connectivity index (χ1n) is 7.99. The molecule has 1 amide bonds. The molecular formula is C17H20F3N3O2. The fourth-order valence-corrected chi connectivity index (χ4v) is 2.81. The highest BCUT2D eigenvalue weighted by atomic mass is 19.4. The lowest BCUT2D eigenvalue weighted by Gasteiger charge is -2.33. The number of anilines is 1. The number of rotatable bonds is 5. The zero-order chi connectivity index (χ0) is 18.4. The average Bonchev–Trinajstić information content (AvgIpc) is 2.59. The summed E-state index contributed by atoms with van der Waals surface area (Å²) in [7, 11) is 1.53. The topological polar surface area (TPSA) is 65.4 Å². The Labute approximate surface area is 144 Å². The second-order valence-electron chi connectivity index (χ2n) is 5.91. The molecule has 0 spiro atoms. The van der Waals surface area contributed by atoms with E-state index >= 15 is 0 Å². The molecule has 1 N–H and O–H groups in total. The molecule has 5 nitrogen and oxygen atoms in total. The number of amides is 1. The van der Waals surface area contributed by atoms with Crippen molar-refractivity contribution in [1.29, 1.82) is 5.26 Å². The maximum Gasteiger partial charge on any atom is 0.418 e. The second kappa shape index (κ2) is 8.21. The smallest absolute Gasteiger partial charge is 0.384 e. The number of nitriles is 1. The fraction of sp³-hybridized carbons (Fsp3) is 0.529. The summed E-state index contributed by atoms with van der Waals surface area (Å²) in [4.78, 5) is 13.6. The third-order valence-electron chi connectivity index (χ3n) is 4.18. The van der Waals surface area contributed by atoms with Crippen molar-refractivity contribution < 1.29 is 22.7 Å². The van der Waals surface area contributed by atoms with Gasteiger partial charge in [0.25, 0.3) is 0 Å². The maximum absolute atomic E-state index is 13.2. The quantitative estimate of drug-likeness (QED) is 0.882. The van der Waals surface area contributed by atoms with Crippen molar-refractivity contribution in [1.82, 2.24) is 4.90 Å². The van der Waals surface area contributed by atoms with E-state index in [1.807, 2.05) is 0 Å². The van der Waals surface area contributed by atoms with E-state index in [4.69, 9.17) is 10.00 Å². The van der Waals surface area contributed by atoms with Crippen molar-refractivity contribution in [2.24, 2.45) is 0 Å². The molecule has 25 heavy (non-hydrogen) atoms. The Morgan fingerprint density at radius 2 is 2.08 bits per heavy atom. The van der Waals surface area contributed by atoms with Crippen LogP contribution in [0.2, 0.25) is 0 Å². The Kier molecular flexibility index (Phi) is 6.26. The van der Waals surface area contributed by atoms with Crippen LogP contribution in [0.25, 0.3) is 0 Å². The van der Waals surface area contributed by atoms with Gasteiger partial charge >= 0.3 is 6.18 Å². The molecule has 2 rings (SSSR count). The number of hydrogen-bond acceptors (Lipinski definition) is 4. The third kappa shape index (κ3) is 5.10. The van der Waals surface area contributed by atoms with Gasteiger partial charge in [0, 0.05) is 31.9 Å². The molecule has 136 valence electrons. The zero-order valence-corrected chi connectivity index (χ0v) is 13.9. The highest BCUT2D eigenvalue weighted by Crippen LogP contribution is 2.36. The van der Waals surface area contributed by atoms with Gasteiger partial charge in [-0.2, -0.15) is 18.4 Å². The third-order valence-corrected chi connectivity index (χ3v) is 4.18. The molecule has 1 aromatic rings. The molecule has 0 bridgehead atoms. The predicted octanol–water partition coefficient (Wildman–Crippen LogP) is 3.02. The highest BCUT2D eigenvalue weighted by molar-refractivity contribution is 5.76. The number of carbonyl (C=O) groups excluding carboxylic acids is 1. The van der Waals surface area contributed by atoms with E-state index in [9.17, 15) is 18.0 Å². The van der Waals surface area contributed by atoms with E-state index in [1.54, 1.807) is 11.0 Å². The fourth-order valence-electron chi connectivity index (χ4n) is 2.81. The molecule has 0 aromatic heterocycles. The van der Waals surface area contributed by atoms with Gasteiger partial charge in [0.15, 0.2) is 0 Å². The predicted molar refractivity (Wildman–Crippen MR) is 85.9 cm³/mol. The number of hydrogen-bond donors (Lipinski definition) is 1. The van der Waals surface area contributed by atoms with Gasteiger partial charge in [0.05, 0.1) is 30.2 Å². The molecule has 1 aliphatic heterocycles. The van der Waals surface area contributed by atoms with Crippen molar-refractivity contribution in [2.75, 3.05) is 32.1 Å². The van der Waals surface area contributed by atoms with Gasteiger partial charge in [0.2, 0.25) is 5.91 Å². The first kappa shape index (κ1) is 19.1. The van der Waals surface area contributed by atoms with Gasteiger partial charge in [-0.05, 0) is 31.0 Å². The Bertz CT molecular complexity index is 648. The van der Waals surface area contributed by atoms with Crippen LogP contribution in [0.15, 0.2) is 18.2 Å². The van der Waals surface area contributed by atoms with Crippen molar-refractivity contribution >= 4 is 11.6 Å². The number of benzene rings is 1. The minimum absolute atomic E-state index is 0.00495. The number of halogens is 3. The van der Waals surface area contributed by atoms with Crippen LogP contribution < -0.4 is 5.32 Å². The number of nitrogens with zero attached hydrogens (tertiary/aromatic N) is 2. The molecule has 0 radical (unpaired) electrons. The molecule has 0 atom stereocenters. The number of likely N-dealkylation sites (tertiary alicyclic amines) is 1. The molecule has 0 unspecified atom stereocenters. The SMILES string of the molecule is COCCC(=O)N1CCC(Nc2ccc(C#N)cc2C(F)(F)F)CC1. The number of ether oxygens (including phenoxy) is 1. The Morgan fingerprint density at radius 3 is 2.64 bits per heavy atom. The number of nitrogens with one attached hydrogen (secondary N) is 1. The molecule has 1 aliphatic rings. The highest BCUT2D eigenvalue weighted by Gasteiger charge is 2.34. The van der Waals surface area contributed by atoms with Gasteiger partial charge in [-0.1, -0.05) is 0 Å². The molecule has 1 heterocycles. The largest absolute Gasteiger partial charge is 0.418 e. The summed E-state index contributed by atoms with van der Waals surface area (Å²) in [5.74, 6) is -0.00495. The summed E-state index contributed by atoms with van der Waals surface area (Å²) in [6.45, 7) is 1.35. The maximum atomic E-state index is 13.2. The lowest BCUT2D eigenvalue weighted by atomic mass is 10.0. The van der Waals surface area contributed by atoms with E-state index in [0.717, 1.165) is 6.07 Å². The molecule has 0 aliphatic carbocycles. The van der Waals surface area contributed by atoms with E-state index in [2.05, 4.69) is 5.32 Å². The zero-order valence-electron chi connectivity index (χ0n) is 13.9. The minimum Gasteiger partial charge on any atom is -0.384 e. The van der Waals surface area contributed by atoms with Crippen LogP contribution in [0.4, 0.5) is 18.9 Å². The van der Waals surface area contributed by atoms with E-state index in [-0.39, 0.29) is 23.2 Å². The van der Waals surface area contributed by atoms with Crippen molar-refractivity contribution in [3.8, 4) is 6.07 Å². The summed E-state index contributed by atoms with van der Waals surface area (Å²) < 4.78 is 44.5. The molecule has 1 aromatic carbocycles. The summed E-state index contributed by atoms with van der Waals surface area (Å²) in [6, 6.07) is 5.08. The Morgan fingerprint density at radius 1 is 1.40 bits per heavy atom. The van der Waals surface area contributed by atoms with Crippen LogP contribution in [0.3, 0.4) is 0 Å². The van der Waals surface area contributed by atoms with Crippen LogP contribution in [-0.4, -0.2) is 43.7 Å². The van der Waals surface area contributed by atoms with Gasteiger partial charge in [0.1, 0.15) is 0 Å². The first-order chi connectivity index (χ1) is 11.8. The lowest BCUT2D eigenvalue weighted by Crippen LogP contribution is -2.42. The van der Waals surface area contributed by atoms with Crippen LogP contribution in [0.1, 0.15) is 30.4 Å². The average molecular weight is 355 g/mol. The number of alkyl halides is 3. The summed E-state index contributed by atoms with van der Waals surface area (Å²) in [5.41, 5.74) is -0.905. The van der Waals surface area contributed by atoms with Crippen LogP contribution in [-0.2, 0) is 15.7 Å². The van der Waals surface area contributed by atoms with E-state index in [0.29, 0.717) is 39.0 Å². The standard InChI is InChI=1S/C17H20F3N3O2/c1-25-9-6-16(24)23-7-4-13(5-8-23)22-15-3-2-12(11-21)10-14(15)17(18,19)20/h2-3,10,13,22H,4-9H2,1H3. The Hall–Kier alpha value is -2.27. The first-order valence-corrected chi connectivity index (χ1v) is 7.99. The van der Waals surface area contributed by atoms with E-state index < -0.39 is 11.7 Å². The van der Waals surface area contributed by atoms with Gasteiger partial charge in [-0.3, -0.25) is 4.79 Å². The molecular weight excluding hydrogens is 335 g/mol. The summed E-state index contributed by atoms with van der Waals surface area (Å²) in [5, 5.41) is 11.7. The van der Waals surface area contributed by atoms with Crippen LogP contribution in [0.5, 0.6) is 0 Å². The van der Waals surface area contributed by atoms with Crippen molar-refractivity contribution in [3.63, 3.8) is 0 Å². The Balaban J connectivity index is 2.00. The lowest BCUT2D eigenvalue weighted by molar-refractivity contribution is -0.137. The normalized spacial score (nSPS) is 15.7.